The summed E-state index contributed by atoms with van der Waals surface area (Å²) in [6, 6.07) is 6.65. The Kier molecular flexibility index (Phi) is 3.88. The third-order valence-electron chi connectivity index (χ3n) is 3.16. The van der Waals surface area contributed by atoms with E-state index in [0.717, 1.165) is 0 Å². The molecule has 0 radical (unpaired) electrons. The highest BCUT2D eigenvalue weighted by Gasteiger charge is 2.40. The van der Waals surface area contributed by atoms with E-state index >= 15 is 0 Å². The molecule has 2 heterocycles. The lowest BCUT2D eigenvalue weighted by molar-refractivity contribution is -0.142. The number of rotatable bonds is 3. The molecular weight excluding hydrogens is 349 g/mol. The molecule has 0 atom stereocenters. The number of carboxylic acids is 1. The van der Waals surface area contributed by atoms with E-state index in [2.05, 4.69) is 15.2 Å². The van der Waals surface area contributed by atoms with Gasteiger partial charge in [0, 0.05) is 11.6 Å². The summed E-state index contributed by atoms with van der Waals surface area (Å²) in [5.74, 6) is -1.79. The number of alkyl halides is 3. The molecule has 0 fully saturated rings. The van der Waals surface area contributed by atoms with Gasteiger partial charge in [-0.25, -0.2) is 4.79 Å². The fraction of sp³-hybridized carbons (Fsp3) is 0.143. The van der Waals surface area contributed by atoms with Gasteiger partial charge < -0.3 is 5.11 Å². The summed E-state index contributed by atoms with van der Waals surface area (Å²) in [6.07, 6.45) is -3.42. The van der Waals surface area contributed by atoms with Crippen LogP contribution in [0, 0.1) is 0 Å². The van der Waals surface area contributed by atoms with Crippen LogP contribution >= 0.6 is 11.6 Å². The molecule has 124 valence electrons. The van der Waals surface area contributed by atoms with Gasteiger partial charge >= 0.3 is 12.1 Å². The van der Waals surface area contributed by atoms with Gasteiger partial charge in [-0.3, -0.25) is 4.98 Å². The lowest BCUT2D eigenvalue weighted by Gasteiger charge is -2.04. The van der Waals surface area contributed by atoms with E-state index in [1.807, 2.05) is 0 Å². The van der Waals surface area contributed by atoms with Crippen molar-refractivity contribution in [2.45, 2.75) is 12.7 Å². The fourth-order valence-electron chi connectivity index (χ4n) is 2.17. The van der Waals surface area contributed by atoms with Gasteiger partial charge in [0.1, 0.15) is 0 Å². The van der Waals surface area contributed by atoms with Crippen molar-refractivity contribution in [2.75, 3.05) is 0 Å². The molecular formula is C14H8ClF3N4O2. The molecule has 24 heavy (non-hydrogen) atoms. The number of pyridine rings is 1. The second-order valence-electron chi connectivity index (χ2n) is 4.91. The maximum Gasteiger partial charge on any atom is 0.437 e. The molecule has 0 amide bonds. The SMILES string of the molecule is O=C(O)c1nn(Cc2ccc3ncc(Cl)cc3c2)nc1C(F)(F)F. The first-order chi connectivity index (χ1) is 11.2. The van der Waals surface area contributed by atoms with Crippen molar-refractivity contribution in [3.63, 3.8) is 0 Å². The predicted octanol–water partition coefficient (Wildman–Crippen LogP) is 3.25. The number of fused-ring (bicyclic) bond motifs is 1. The van der Waals surface area contributed by atoms with Crippen LogP contribution in [-0.4, -0.2) is 31.1 Å². The average Bonchev–Trinajstić information content (AvgIpc) is 2.91. The number of hydrogen-bond acceptors (Lipinski definition) is 4. The topological polar surface area (TPSA) is 80.9 Å². The van der Waals surface area contributed by atoms with E-state index in [0.29, 0.717) is 26.3 Å². The highest BCUT2D eigenvalue weighted by molar-refractivity contribution is 6.31. The largest absolute Gasteiger partial charge is 0.476 e. The van der Waals surface area contributed by atoms with Gasteiger partial charge in [0.2, 0.25) is 11.4 Å². The summed E-state index contributed by atoms with van der Waals surface area (Å²) >= 11 is 5.86. The number of aromatic carboxylic acids is 1. The molecule has 2 aromatic heterocycles. The summed E-state index contributed by atoms with van der Waals surface area (Å²) in [6.45, 7) is -0.126. The minimum absolute atomic E-state index is 0.126. The molecule has 6 nitrogen and oxygen atoms in total. The molecule has 0 aliphatic carbocycles. The number of nitrogens with zero attached hydrogens (tertiary/aromatic N) is 4. The molecule has 1 aromatic carbocycles. The Morgan fingerprint density at radius 3 is 2.62 bits per heavy atom. The summed E-state index contributed by atoms with van der Waals surface area (Å²) in [5, 5.41) is 16.6. The third kappa shape index (κ3) is 3.16. The molecule has 0 aliphatic rings. The number of hydrogen-bond donors (Lipinski definition) is 1. The van der Waals surface area contributed by atoms with Crippen LogP contribution in [0.1, 0.15) is 21.7 Å². The molecule has 0 unspecified atom stereocenters. The van der Waals surface area contributed by atoms with Crippen LogP contribution < -0.4 is 0 Å². The Morgan fingerprint density at radius 1 is 1.25 bits per heavy atom. The van der Waals surface area contributed by atoms with Gasteiger partial charge in [-0.15, -0.1) is 10.2 Å². The van der Waals surface area contributed by atoms with Crippen molar-refractivity contribution in [1.82, 2.24) is 20.0 Å². The second kappa shape index (κ2) is 5.75. The van der Waals surface area contributed by atoms with Crippen molar-refractivity contribution in [3.05, 3.63) is 52.4 Å². The monoisotopic (exact) mass is 356 g/mol. The first-order valence-corrected chi connectivity index (χ1v) is 6.91. The first-order valence-electron chi connectivity index (χ1n) is 6.54. The van der Waals surface area contributed by atoms with Crippen LogP contribution in [0.5, 0.6) is 0 Å². The lowest BCUT2D eigenvalue weighted by Crippen LogP contribution is -2.12. The lowest BCUT2D eigenvalue weighted by atomic mass is 10.1. The molecule has 0 aliphatic heterocycles. The number of aromatic nitrogens is 4. The number of carboxylic acid groups (broad SMARTS) is 1. The maximum absolute atomic E-state index is 12.8. The smallest absolute Gasteiger partial charge is 0.437 e. The van der Waals surface area contributed by atoms with Crippen molar-refractivity contribution in [3.8, 4) is 0 Å². The van der Waals surface area contributed by atoms with Gasteiger partial charge in [0.25, 0.3) is 0 Å². The van der Waals surface area contributed by atoms with Crippen molar-refractivity contribution in [2.24, 2.45) is 0 Å². The molecule has 3 rings (SSSR count). The zero-order valence-corrected chi connectivity index (χ0v) is 12.5. The highest BCUT2D eigenvalue weighted by atomic mass is 35.5. The van der Waals surface area contributed by atoms with Gasteiger partial charge in [0.15, 0.2) is 0 Å². The Hall–Kier alpha value is -2.68. The second-order valence-corrected chi connectivity index (χ2v) is 5.35. The Morgan fingerprint density at radius 2 is 2.00 bits per heavy atom. The van der Waals surface area contributed by atoms with Crippen LogP contribution in [0.25, 0.3) is 10.9 Å². The van der Waals surface area contributed by atoms with Crippen LogP contribution in [-0.2, 0) is 12.7 Å². The van der Waals surface area contributed by atoms with E-state index in [1.165, 1.54) is 6.20 Å². The molecule has 0 bridgehead atoms. The van der Waals surface area contributed by atoms with E-state index in [-0.39, 0.29) is 6.54 Å². The number of halogens is 4. The van der Waals surface area contributed by atoms with E-state index in [4.69, 9.17) is 16.7 Å². The number of carbonyl (C=O) groups is 1. The van der Waals surface area contributed by atoms with Crippen LogP contribution in [0.2, 0.25) is 5.02 Å². The molecule has 0 saturated carbocycles. The summed E-state index contributed by atoms with van der Waals surface area (Å²) in [4.78, 5) is 15.7. The Bertz CT molecular complexity index is 939. The molecule has 0 spiro atoms. The summed E-state index contributed by atoms with van der Waals surface area (Å²) < 4.78 is 38.4. The van der Waals surface area contributed by atoms with Crippen molar-refractivity contribution < 1.29 is 23.1 Å². The fourth-order valence-corrected chi connectivity index (χ4v) is 2.34. The molecule has 1 N–H and O–H groups in total. The van der Waals surface area contributed by atoms with Gasteiger partial charge in [0.05, 0.1) is 17.1 Å². The first kappa shape index (κ1) is 16.2. The molecule has 0 saturated heterocycles. The maximum atomic E-state index is 12.8. The van der Waals surface area contributed by atoms with E-state index in [1.54, 1.807) is 24.3 Å². The quantitative estimate of drug-likeness (QED) is 0.779. The summed E-state index contributed by atoms with van der Waals surface area (Å²) in [7, 11) is 0. The van der Waals surface area contributed by atoms with E-state index < -0.39 is 23.5 Å². The van der Waals surface area contributed by atoms with Crippen molar-refractivity contribution >= 4 is 28.5 Å². The molecule has 10 heteroatoms. The molecule has 3 aromatic rings. The average molecular weight is 357 g/mol. The highest BCUT2D eigenvalue weighted by Crippen LogP contribution is 2.29. The zero-order chi connectivity index (χ0) is 17.5. The zero-order valence-electron chi connectivity index (χ0n) is 11.8. The van der Waals surface area contributed by atoms with Gasteiger partial charge in [-0.1, -0.05) is 17.7 Å². The van der Waals surface area contributed by atoms with Gasteiger partial charge in [-0.05, 0) is 23.8 Å². The Balaban J connectivity index is 1.98. The van der Waals surface area contributed by atoms with Gasteiger partial charge in [-0.2, -0.15) is 18.0 Å². The number of benzene rings is 1. The minimum atomic E-state index is -4.90. The third-order valence-corrected chi connectivity index (χ3v) is 3.37. The van der Waals surface area contributed by atoms with E-state index in [9.17, 15) is 18.0 Å². The van der Waals surface area contributed by atoms with Crippen LogP contribution in [0.4, 0.5) is 13.2 Å². The predicted molar refractivity (Wildman–Crippen MR) is 77.8 cm³/mol. The Labute approximate surface area is 137 Å². The van der Waals surface area contributed by atoms with Crippen LogP contribution in [0.3, 0.4) is 0 Å². The summed E-state index contributed by atoms with van der Waals surface area (Å²) in [5.41, 5.74) is -1.42. The van der Waals surface area contributed by atoms with Crippen molar-refractivity contribution in [1.29, 1.82) is 0 Å². The van der Waals surface area contributed by atoms with Crippen LogP contribution in [0.15, 0.2) is 30.5 Å². The standard InChI is InChI=1S/C14H8ClF3N4O2/c15-9-4-8-3-7(1-2-10(8)19-5-9)6-22-20-11(13(23)24)12(21-22)14(16,17)18/h1-5H,6H2,(H,23,24). The normalized spacial score (nSPS) is 11.8. The minimum Gasteiger partial charge on any atom is -0.476 e.